The van der Waals surface area contributed by atoms with Gasteiger partial charge >= 0.3 is 0 Å². The summed E-state index contributed by atoms with van der Waals surface area (Å²) in [5.74, 6) is 1.29. The first kappa shape index (κ1) is 14.0. The molecule has 0 atom stereocenters. The second-order valence-electron chi connectivity index (χ2n) is 5.14. The first-order chi connectivity index (χ1) is 11.3. The molecular formula is C17H13BrN4O. The van der Waals surface area contributed by atoms with Crippen LogP contribution in [0.4, 0.5) is 0 Å². The van der Waals surface area contributed by atoms with E-state index in [-0.39, 0.29) is 0 Å². The van der Waals surface area contributed by atoms with Crippen LogP contribution in [0.1, 0.15) is 5.56 Å². The average Bonchev–Trinajstić information content (AvgIpc) is 3.19. The summed E-state index contributed by atoms with van der Waals surface area (Å²) >= 11 is 3.45. The molecule has 114 valence electrons. The molecule has 6 heteroatoms. The van der Waals surface area contributed by atoms with Crippen LogP contribution >= 0.6 is 15.9 Å². The highest BCUT2D eigenvalue weighted by Crippen LogP contribution is 2.22. The maximum absolute atomic E-state index is 5.72. The van der Waals surface area contributed by atoms with Crippen LogP contribution < -0.4 is 4.74 Å². The van der Waals surface area contributed by atoms with Gasteiger partial charge in [0.25, 0.3) is 0 Å². The smallest absolute Gasteiger partial charge is 0.233 e. The zero-order chi connectivity index (χ0) is 15.6. The van der Waals surface area contributed by atoms with Crippen LogP contribution in [0.15, 0.2) is 59.1 Å². The van der Waals surface area contributed by atoms with Gasteiger partial charge in [0, 0.05) is 10.5 Å². The summed E-state index contributed by atoms with van der Waals surface area (Å²) in [4.78, 5) is 7.80. The third-order valence-electron chi connectivity index (χ3n) is 3.47. The minimum absolute atomic E-state index is 0.462. The highest BCUT2D eigenvalue weighted by Gasteiger charge is 2.09. The molecule has 0 spiro atoms. The fourth-order valence-electron chi connectivity index (χ4n) is 2.36. The molecule has 23 heavy (non-hydrogen) atoms. The summed E-state index contributed by atoms with van der Waals surface area (Å²) in [6.07, 6.45) is 0. The number of fused-ring (bicyclic) bond motifs is 1. The molecule has 0 radical (unpaired) electrons. The van der Waals surface area contributed by atoms with Crippen molar-refractivity contribution < 1.29 is 4.74 Å². The fraction of sp³-hybridized carbons (Fsp3) is 0.0588. The lowest BCUT2D eigenvalue weighted by atomic mass is 10.2. The Morgan fingerprint density at radius 2 is 1.96 bits per heavy atom. The van der Waals surface area contributed by atoms with Crippen molar-refractivity contribution in [2.45, 2.75) is 6.61 Å². The molecule has 0 bridgehead atoms. The van der Waals surface area contributed by atoms with Gasteiger partial charge in [0.2, 0.25) is 5.88 Å². The van der Waals surface area contributed by atoms with E-state index in [0.717, 1.165) is 32.6 Å². The highest BCUT2D eigenvalue weighted by atomic mass is 79.9. The molecule has 0 aliphatic carbocycles. The first-order valence-corrected chi connectivity index (χ1v) is 7.95. The molecule has 0 fully saturated rings. The second kappa shape index (κ2) is 5.89. The van der Waals surface area contributed by atoms with Crippen molar-refractivity contribution in [1.82, 2.24) is 20.2 Å². The number of aromatic nitrogens is 4. The molecule has 2 aromatic heterocycles. The van der Waals surface area contributed by atoms with Crippen molar-refractivity contribution in [3.8, 4) is 17.4 Å². The van der Waals surface area contributed by atoms with Gasteiger partial charge in [-0.15, -0.1) is 5.10 Å². The molecule has 2 N–H and O–H groups in total. The zero-order valence-corrected chi connectivity index (χ0v) is 13.7. The summed E-state index contributed by atoms with van der Waals surface area (Å²) in [5.41, 5.74) is 3.79. The zero-order valence-electron chi connectivity index (χ0n) is 12.1. The van der Waals surface area contributed by atoms with Gasteiger partial charge in [-0.1, -0.05) is 40.2 Å². The quantitative estimate of drug-likeness (QED) is 0.564. The van der Waals surface area contributed by atoms with Gasteiger partial charge in [-0.05, 0) is 29.8 Å². The number of hydrogen-bond acceptors (Lipinski definition) is 3. The number of nitrogens with one attached hydrogen (secondary N) is 2. The number of aromatic amines is 2. The summed E-state index contributed by atoms with van der Waals surface area (Å²) in [6, 6.07) is 17.7. The van der Waals surface area contributed by atoms with Crippen molar-refractivity contribution in [2.75, 3.05) is 0 Å². The maximum Gasteiger partial charge on any atom is 0.233 e. The number of benzene rings is 2. The van der Waals surface area contributed by atoms with Crippen molar-refractivity contribution >= 4 is 27.0 Å². The van der Waals surface area contributed by atoms with E-state index in [4.69, 9.17) is 4.74 Å². The second-order valence-corrected chi connectivity index (χ2v) is 6.06. The van der Waals surface area contributed by atoms with Gasteiger partial charge in [0.1, 0.15) is 12.3 Å². The molecular weight excluding hydrogens is 356 g/mol. The molecule has 0 saturated heterocycles. The number of H-pyrrole nitrogens is 2. The molecule has 0 aliphatic heterocycles. The lowest BCUT2D eigenvalue weighted by Crippen LogP contribution is -1.95. The number of rotatable bonds is 4. The van der Waals surface area contributed by atoms with Gasteiger partial charge in [0.05, 0.1) is 11.0 Å². The Bertz CT molecular complexity index is 927. The fourth-order valence-corrected chi connectivity index (χ4v) is 2.81. The SMILES string of the molecule is Brc1cccc(COc2cc(-c3nc4ccccc4[nH]3)[nH]n2)c1. The molecule has 4 rings (SSSR count). The molecule has 0 aliphatic rings. The standard InChI is InChI=1S/C17H13BrN4O/c18-12-5-3-4-11(8-12)10-23-16-9-15(21-22-16)17-19-13-6-1-2-7-14(13)20-17/h1-9H,10H2,(H,19,20)(H,21,22). The van der Waals surface area contributed by atoms with E-state index in [1.807, 2.05) is 54.6 Å². The topological polar surface area (TPSA) is 66.6 Å². The van der Waals surface area contributed by atoms with Crippen LogP contribution in [0.2, 0.25) is 0 Å². The highest BCUT2D eigenvalue weighted by molar-refractivity contribution is 9.10. The van der Waals surface area contributed by atoms with Crippen LogP contribution in [0.5, 0.6) is 5.88 Å². The van der Waals surface area contributed by atoms with Crippen LogP contribution in [0.3, 0.4) is 0 Å². The minimum Gasteiger partial charge on any atom is -0.472 e. The summed E-state index contributed by atoms with van der Waals surface area (Å²) in [6.45, 7) is 0.462. The van der Waals surface area contributed by atoms with Gasteiger partial charge in [-0.2, -0.15) is 0 Å². The van der Waals surface area contributed by atoms with Gasteiger partial charge in [-0.3, -0.25) is 5.10 Å². The summed E-state index contributed by atoms with van der Waals surface area (Å²) in [5, 5.41) is 7.13. The van der Waals surface area contributed by atoms with Crippen molar-refractivity contribution in [1.29, 1.82) is 0 Å². The average molecular weight is 369 g/mol. The van der Waals surface area contributed by atoms with E-state index in [1.54, 1.807) is 0 Å². The molecule has 0 saturated carbocycles. The van der Waals surface area contributed by atoms with Crippen LogP contribution in [0, 0.1) is 0 Å². The van der Waals surface area contributed by atoms with E-state index in [1.165, 1.54) is 0 Å². The van der Waals surface area contributed by atoms with Crippen LogP contribution in [-0.4, -0.2) is 20.2 Å². The lowest BCUT2D eigenvalue weighted by Gasteiger charge is -2.02. The van der Waals surface area contributed by atoms with Crippen LogP contribution in [-0.2, 0) is 6.61 Å². The molecule has 0 amide bonds. The van der Waals surface area contributed by atoms with E-state index in [0.29, 0.717) is 12.5 Å². The molecule has 2 heterocycles. The number of imidazole rings is 1. The third-order valence-corrected chi connectivity index (χ3v) is 3.97. The Balaban J connectivity index is 1.52. The molecule has 4 aromatic rings. The minimum atomic E-state index is 0.462. The predicted molar refractivity (Wildman–Crippen MR) is 92.1 cm³/mol. The van der Waals surface area contributed by atoms with E-state index in [2.05, 4.69) is 36.1 Å². The number of nitrogens with zero attached hydrogens (tertiary/aromatic N) is 2. The first-order valence-electron chi connectivity index (χ1n) is 7.16. The van der Waals surface area contributed by atoms with E-state index >= 15 is 0 Å². The van der Waals surface area contributed by atoms with Gasteiger partial charge < -0.3 is 9.72 Å². The summed E-state index contributed by atoms with van der Waals surface area (Å²) in [7, 11) is 0. The molecule has 5 nitrogen and oxygen atoms in total. The molecule has 0 unspecified atom stereocenters. The van der Waals surface area contributed by atoms with Crippen molar-refractivity contribution in [3.63, 3.8) is 0 Å². The maximum atomic E-state index is 5.72. The largest absolute Gasteiger partial charge is 0.472 e. The van der Waals surface area contributed by atoms with Crippen molar-refractivity contribution in [2.24, 2.45) is 0 Å². The number of hydrogen-bond donors (Lipinski definition) is 2. The van der Waals surface area contributed by atoms with Crippen molar-refractivity contribution in [3.05, 3.63) is 64.6 Å². The molecule has 2 aromatic carbocycles. The van der Waals surface area contributed by atoms with E-state index in [9.17, 15) is 0 Å². The monoisotopic (exact) mass is 368 g/mol. The Morgan fingerprint density at radius 1 is 1.04 bits per heavy atom. The summed E-state index contributed by atoms with van der Waals surface area (Å²) < 4.78 is 6.75. The van der Waals surface area contributed by atoms with Gasteiger partial charge in [-0.25, -0.2) is 4.98 Å². The number of para-hydroxylation sites is 2. The number of halogens is 1. The normalized spacial score (nSPS) is 11.0. The predicted octanol–water partition coefficient (Wildman–Crippen LogP) is 4.29. The van der Waals surface area contributed by atoms with Gasteiger partial charge in [0.15, 0.2) is 5.82 Å². The lowest BCUT2D eigenvalue weighted by molar-refractivity contribution is 0.293. The Labute approximate surface area is 140 Å². The Kier molecular flexibility index (Phi) is 3.59. The Hall–Kier alpha value is -2.60. The third kappa shape index (κ3) is 2.98. The van der Waals surface area contributed by atoms with Crippen LogP contribution in [0.25, 0.3) is 22.6 Å². The van der Waals surface area contributed by atoms with E-state index < -0.39 is 0 Å². The Morgan fingerprint density at radius 3 is 2.83 bits per heavy atom. The number of ether oxygens (including phenoxy) is 1.